The molecule has 0 atom stereocenters. The summed E-state index contributed by atoms with van der Waals surface area (Å²) in [5.41, 5.74) is 0.519. The van der Waals surface area contributed by atoms with E-state index in [2.05, 4.69) is 9.97 Å². The molecule has 0 saturated carbocycles. The lowest BCUT2D eigenvalue weighted by atomic mass is 10.2. The second-order valence-electron chi connectivity index (χ2n) is 4.36. The van der Waals surface area contributed by atoms with Gasteiger partial charge in [0.1, 0.15) is 16.4 Å². The number of likely N-dealkylation sites (tertiary alicyclic amines) is 1. The summed E-state index contributed by atoms with van der Waals surface area (Å²) >= 11 is 1.17. The van der Waals surface area contributed by atoms with E-state index in [1.807, 2.05) is 0 Å². The van der Waals surface area contributed by atoms with Crippen LogP contribution in [0.1, 0.15) is 28.3 Å². The highest BCUT2D eigenvalue weighted by Crippen LogP contribution is 2.23. The summed E-state index contributed by atoms with van der Waals surface area (Å²) in [7, 11) is 0. The quantitative estimate of drug-likeness (QED) is 0.657. The molecule has 2 rings (SSSR count). The molecule has 102 valence electrons. The van der Waals surface area contributed by atoms with Gasteiger partial charge in [0.2, 0.25) is 5.91 Å². The number of rotatable bonds is 4. The average Bonchev–Trinajstić information content (AvgIpc) is 2.22. The number of hydrogen-bond donors (Lipinski definition) is 1. The van der Waals surface area contributed by atoms with Gasteiger partial charge in [-0.3, -0.25) is 4.79 Å². The van der Waals surface area contributed by atoms with E-state index in [0.29, 0.717) is 16.5 Å². The van der Waals surface area contributed by atoms with Crippen molar-refractivity contribution in [3.8, 4) is 0 Å². The number of amides is 1. The van der Waals surface area contributed by atoms with E-state index >= 15 is 0 Å². The third-order valence-electron chi connectivity index (χ3n) is 2.92. The van der Waals surface area contributed by atoms with Crippen LogP contribution in [-0.4, -0.2) is 50.7 Å². The molecule has 1 aromatic rings. The van der Waals surface area contributed by atoms with Gasteiger partial charge in [0.15, 0.2) is 0 Å². The Morgan fingerprint density at radius 3 is 2.53 bits per heavy atom. The number of carbonyl (C=O) groups is 2. The highest BCUT2D eigenvalue weighted by atomic mass is 32.2. The molecule has 0 unspecified atom stereocenters. The van der Waals surface area contributed by atoms with Crippen molar-refractivity contribution in [2.24, 2.45) is 0 Å². The molecule has 0 aromatic carbocycles. The molecule has 0 aliphatic carbocycles. The van der Waals surface area contributed by atoms with Gasteiger partial charge in [-0.05, 0) is 20.3 Å². The van der Waals surface area contributed by atoms with Crippen molar-refractivity contribution in [3.63, 3.8) is 0 Å². The standard InChI is InChI=1S/C12H15N3O3S/c1-7-10(12(17)18)11(14-8(2)13-7)19-6-9(16)15-4-3-5-15/h3-6H2,1-2H3,(H,17,18). The van der Waals surface area contributed by atoms with Crippen molar-refractivity contribution >= 4 is 23.6 Å². The Balaban J connectivity index is 2.14. The second-order valence-corrected chi connectivity index (χ2v) is 5.33. The number of aryl methyl sites for hydroxylation is 2. The molecule has 1 fully saturated rings. The van der Waals surface area contributed by atoms with Crippen molar-refractivity contribution < 1.29 is 14.7 Å². The number of hydrogen-bond acceptors (Lipinski definition) is 5. The fraction of sp³-hybridized carbons (Fsp3) is 0.500. The maximum absolute atomic E-state index is 11.8. The van der Waals surface area contributed by atoms with Gasteiger partial charge in [-0.2, -0.15) is 0 Å². The minimum atomic E-state index is -1.06. The van der Waals surface area contributed by atoms with Crippen LogP contribution in [0.4, 0.5) is 0 Å². The summed E-state index contributed by atoms with van der Waals surface area (Å²) in [6.45, 7) is 4.94. The summed E-state index contributed by atoms with van der Waals surface area (Å²) < 4.78 is 0. The van der Waals surface area contributed by atoms with Crippen molar-refractivity contribution in [1.29, 1.82) is 0 Å². The van der Waals surface area contributed by atoms with Crippen LogP contribution in [0.2, 0.25) is 0 Å². The minimum Gasteiger partial charge on any atom is -0.478 e. The molecule has 0 spiro atoms. The molecule has 1 N–H and O–H groups in total. The highest BCUT2D eigenvalue weighted by Gasteiger charge is 2.22. The molecular formula is C12H15N3O3S. The van der Waals surface area contributed by atoms with Crippen LogP contribution in [-0.2, 0) is 4.79 Å². The first-order valence-electron chi connectivity index (χ1n) is 5.98. The predicted octanol–water partition coefficient (Wildman–Crippen LogP) is 1.12. The molecule has 1 aliphatic heterocycles. The van der Waals surface area contributed by atoms with Gasteiger partial charge in [-0.25, -0.2) is 14.8 Å². The normalized spacial score (nSPS) is 14.1. The predicted molar refractivity (Wildman–Crippen MR) is 70.4 cm³/mol. The average molecular weight is 281 g/mol. The van der Waals surface area contributed by atoms with Gasteiger partial charge < -0.3 is 10.0 Å². The molecule has 1 amide bonds. The summed E-state index contributed by atoms with van der Waals surface area (Å²) in [5.74, 6) is -0.296. The van der Waals surface area contributed by atoms with E-state index in [1.54, 1.807) is 18.7 Å². The van der Waals surface area contributed by atoms with E-state index in [-0.39, 0.29) is 17.2 Å². The molecule has 7 heteroatoms. The number of thioether (sulfide) groups is 1. The Labute approximate surface area is 115 Å². The van der Waals surface area contributed by atoms with E-state index < -0.39 is 5.97 Å². The maximum Gasteiger partial charge on any atom is 0.340 e. The van der Waals surface area contributed by atoms with Gasteiger partial charge in [-0.15, -0.1) is 0 Å². The smallest absolute Gasteiger partial charge is 0.340 e. The third-order valence-corrected chi connectivity index (χ3v) is 3.88. The molecule has 6 nitrogen and oxygen atoms in total. The van der Waals surface area contributed by atoms with Crippen LogP contribution in [0, 0.1) is 13.8 Å². The number of aromatic nitrogens is 2. The van der Waals surface area contributed by atoms with Crippen LogP contribution in [0.25, 0.3) is 0 Å². The first-order chi connectivity index (χ1) is 8.99. The molecular weight excluding hydrogens is 266 g/mol. The summed E-state index contributed by atoms with van der Waals surface area (Å²) in [6, 6.07) is 0. The van der Waals surface area contributed by atoms with Crippen molar-refractivity contribution in [1.82, 2.24) is 14.9 Å². The molecule has 0 radical (unpaired) electrons. The fourth-order valence-corrected chi connectivity index (χ4v) is 2.84. The van der Waals surface area contributed by atoms with Crippen molar-refractivity contribution in [3.05, 3.63) is 17.1 Å². The number of aromatic carboxylic acids is 1. The Morgan fingerprint density at radius 1 is 1.32 bits per heavy atom. The van der Waals surface area contributed by atoms with E-state index in [4.69, 9.17) is 0 Å². The highest BCUT2D eigenvalue weighted by molar-refractivity contribution is 8.00. The van der Waals surface area contributed by atoms with Crippen molar-refractivity contribution in [2.75, 3.05) is 18.8 Å². The topological polar surface area (TPSA) is 83.4 Å². The minimum absolute atomic E-state index is 0.0292. The van der Waals surface area contributed by atoms with Crippen LogP contribution in [0.3, 0.4) is 0 Å². The molecule has 0 bridgehead atoms. The lowest BCUT2D eigenvalue weighted by Crippen LogP contribution is -2.43. The zero-order valence-electron chi connectivity index (χ0n) is 10.8. The molecule has 1 saturated heterocycles. The summed E-state index contributed by atoms with van der Waals surface area (Å²) in [4.78, 5) is 32.9. The largest absolute Gasteiger partial charge is 0.478 e. The van der Waals surface area contributed by atoms with Gasteiger partial charge in [0, 0.05) is 13.1 Å². The van der Waals surface area contributed by atoms with Crippen LogP contribution in [0.5, 0.6) is 0 Å². The number of nitrogens with zero attached hydrogens (tertiary/aromatic N) is 3. The first-order valence-corrected chi connectivity index (χ1v) is 6.96. The number of carbonyl (C=O) groups excluding carboxylic acids is 1. The van der Waals surface area contributed by atoms with E-state index in [9.17, 15) is 14.7 Å². The lowest BCUT2D eigenvalue weighted by molar-refractivity contribution is -0.131. The molecule has 1 aliphatic rings. The van der Waals surface area contributed by atoms with Crippen LogP contribution < -0.4 is 0 Å². The Bertz CT molecular complexity index is 529. The van der Waals surface area contributed by atoms with Gasteiger partial charge in [-0.1, -0.05) is 11.8 Å². The lowest BCUT2D eigenvalue weighted by Gasteiger charge is -2.30. The number of carboxylic acid groups (broad SMARTS) is 1. The Hall–Kier alpha value is -1.63. The third kappa shape index (κ3) is 3.04. The van der Waals surface area contributed by atoms with Gasteiger partial charge >= 0.3 is 5.97 Å². The first kappa shape index (κ1) is 13.8. The van der Waals surface area contributed by atoms with E-state index in [1.165, 1.54) is 11.8 Å². The Morgan fingerprint density at radius 2 is 2.00 bits per heavy atom. The van der Waals surface area contributed by atoms with Crippen LogP contribution in [0.15, 0.2) is 5.03 Å². The molecule has 19 heavy (non-hydrogen) atoms. The second kappa shape index (κ2) is 5.56. The van der Waals surface area contributed by atoms with Crippen LogP contribution >= 0.6 is 11.8 Å². The SMILES string of the molecule is Cc1nc(C)c(C(=O)O)c(SCC(=O)N2CCC2)n1. The van der Waals surface area contributed by atoms with Gasteiger partial charge in [0.05, 0.1) is 11.4 Å². The fourth-order valence-electron chi connectivity index (χ4n) is 1.82. The summed E-state index contributed by atoms with van der Waals surface area (Å²) in [5, 5.41) is 9.55. The molecule has 2 heterocycles. The Kier molecular flexibility index (Phi) is 4.04. The summed E-state index contributed by atoms with van der Waals surface area (Å²) in [6.07, 6.45) is 1.04. The molecule has 1 aromatic heterocycles. The van der Waals surface area contributed by atoms with E-state index in [0.717, 1.165) is 19.5 Å². The number of carboxylic acids is 1. The van der Waals surface area contributed by atoms with Gasteiger partial charge in [0.25, 0.3) is 0 Å². The monoisotopic (exact) mass is 281 g/mol. The maximum atomic E-state index is 11.8. The van der Waals surface area contributed by atoms with Crippen molar-refractivity contribution in [2.45, 2.75) is 25.3 Å². The zero-order valence-corrected chi connectivity index (χ0v) is 11.7. The zero-order chi connectivity index (χ0) is 14.0.